The Hall–Kier alpha value is -2.37. The van der Waals surface area contributed by atoms with Crippen molar-refractivity contribution in [3.8, 4) is 0 Å². The Morgan fingerprint density at radius 2 is 1.75 bits per heavy atom. The molecule has 28 heavy (non-hydrogen) atoms. The third kappa shape index (κ3) is 3.91. The predicted molar refractivity (Wildman–Crippen MR) is 103 cm³/mol. The summed E-state index contributed by atoms with van der Waals surface area (Å²) >= 11 is 0. The first-order valence-corrected chi connectivity index (χ1v) is 9.16. The molecule has 1 aromatic carbocycles. The van der Waals surface area contributed by atoms with Crippen LogP contribution in [-0.2, 0) is 11.8 Å². The number of hydrogen-bond donors (Lipinski definition) is 1. The van der Waals surface area contributed by atoms with Gasteiger partial charge in [-0.15, -0.1) is 0 Å². The van der Waals surface area contributed by atoms with Crippen LogP contribution >= 0.6 is 0 Å². The molecular weight excluding hydrogens is 368 g/mol. The smallest absolute Gasteiger partial charge is 0.357 e. The van der Waals surface area contributed by atoms with Gasteiger partial charge in [0.1, 0.15) is 5.82 Å². The summed E-state index contributed by atoms with van der Waals surface area (Å²) in [7, 11) is 0. The van der Waals surface area contributed by atoms with Gasteiger partial charge in [-0.2, -0.15) is 13.2 Å². The molecule has 3 aromatic rings. The van der Waals surface area contributed by atoms with Gasteiger partial charge in [-0.25, -0.2) is 4.39 Å². The highest BCUT2D eigenvalue weighted by molar-refractivity contribution is 5.79. The number of alkyl halides is 3. The third-order valence-corrected chi connectivity index (χ3v) is 5.51. The number of benzene rings is 1. The lowest BCUT2D eigenvalue weighted by Gasteiger charge is -2.39. The number of aromatic nitrogens is 2. The quantitative estimate of drug-likeness (QED) is 0.494. The zero-order chi connectivity index (χ0) is 20.7. The van der Waals surface area contributed by atoms with Gasteiger partial charge in [-0.05, 0) is 54.2 Å². The normalized spacial score (nSPS) is 15.0. The van der Waals surface area contributed by atoms with Crippen LogP contribution in [-0.4, -0.2) is 16.1 Å². The molecule has 2 nitrogen and oxygen atoms in total. The van der Waals surface area contributed by atoms with Crippen LogP contribution in [0.3, 0.4) is 0 Å². The highest BCUT2D eigenvalue weighted by Crippen LogP contribution is 2.49. The molecule has 0 aliphatic rings. The monoisotopic (exact) mass is 392 g/mol. The first kappa shape index (κ1) is 20.4. The van der Waals surface area contributed by atoms with E-state index in [9.17, 15) is 17.6 Å². The summed E-state index contributed by atoms with van der Waals surface area (Å²) in [4.78, 5) is 7.05. The van der Waals surface area contributed by atoms with Crippen LogP contribution in [0.15, 0.2) is 42.7 Å². The summed E-state index contributed by atoms with van der Waals surface area (Å²) < 4.78 is 56.3. The van der Waals surface area contributed by atoms with Gasteiger partial charge in [0.05, 0.1) is 17.1 Å². The molecule has 0 amide bonds. The summed E-state index contributed by atoms with van der Waals surface area (Å²) in [5, 5.41) is 0.828. The lowest BCUT2D eigenvalue weighted by atomic mass is 9.67. The van der Waals surface area contributed by atoms with Crippen molar-refractivity contribution in [2.24, 2.45) is 5.41 Å². The largest absolute Gasteiger partial charge is 0.394 e. The minimum atomic E-state index is -4.42. The number of nitrogens with zero attached hydrogens (tertiary/aromatic N) is 1. The topological polar surface area (TPSA) is 28.7 Å². The van der Waals surface area contributed by atoms with Crippen molar-refractivity contribution in [2.45, 2.75) is 52.1 Å². The van der Waals surface area contributed by atoms with Crippen LogP contribution in [0.5, 0.6) is 0 Å². The number of fused-ring (bicyclic) bond motifs is 1. The molecule has 0 fully saturated rings. The fourth-order valence-corrected chi connectivity index (χ4v) is 4.20. The van der Waals surface area contributed by atoms with Crippen molar-refractivity contribution in [3.05, 3.63) is 65.4 Å². The Kier molecular flexibility index (Phi) is 5.02. The maximum Gasteiger partial charge on any atom is 0.394 e. The van der Waals surface area contributed by atoms with E-state index in [0.717, 1.165) is 10.9 Å². The second-order valence-electron chi connectivity index (χ2n) is 8.51. The highest BCUT2D eigenvalue weighted by atomic mass is 19.4. The Morgan fingerprint density at radius 3 is 2.39 bits per heavy atom. The molecule has 1 unspecified atom stereocenters. The molecule has 6 heteroatoms. The minimum Gasteiger partial charge on any atom is -0.357 e. The van der Waals surface area contributed by atoms with Gasteiger partial charge in [0.2, 0.25) is 0 Å². The molecule has 2 heterocycles. The van der Waals surface area contributed by atoms with E-state index in [-0.39, 0.29) is 12.8 Å². The van der Waals surface area contributed by atoms with E-state index in [1.54, 1.807) is 51.4 Å². The SMILES string of the molecule is Cc1ccc(F)cc1C(C)(C)CC(C)(Cc1cc2ccncc2[nH]1)C(F)(F)F. The lowest BCUT2D eigenvalue weighted by molar-refractivity contribution is -0.224. The molecule has 0 aliphatic heterocycles. The number of nitrogens with one attached hydrogen (secondary N) is 1. The third-order valence-electron chi connectivity index (χ3n) is 5.51. The molecule has 1 N–H and O–H groups in total. The van der Waals surface area contributed by atoms with Gasteiger partial charge in [-0.1, -0.05) is 26.8 Å². The number of H-pyrrole nitrogens is 1. The lowest BCUT2D eigenvalue weighted by Crippen LogP contribution is -2.42. The molecule has 0 aliphatic carbocycles. The maximum atomic E-state index is 14.2. The summed E-state index contributed by atoms with van der Waals surface area (Å²) in [6, 6.07) is 7.79. The highest BCUT2D eigenvalue weighted by Gasteiger charge is 2.53. The first-order valence-electron chi connectivity index (χ1n) is 9.16. The summed E-state index contributed by atoms with van der Waals surface area (Å²) in [6.45, 7) is 6.53. The van der Waals surface area contributed by atoms with E-state index in [0.29, 0.717) is 16.8 Å². The average Bonchev–Trinajstić information content (AvgIpc) is 2.97. The van der Waals surface area contributed by atoms with E-state index in [1.807, 2.05) is 0 Å². The molecule has 0 saturated carbocycles. The Balaban J connectivity index is 1.98. The number of halogens is 4. The summed E-state index contributed by atoms with van der Waals surface area (Å²) in [5.41, 5.74) is -0.235. The number of rotatable bonds is 5. The van der Waals surface area contributed by atoms with Gasteiger partial charge in [0.25, 0.3) is 0 Å². The van der Waals surface area contributed by atoms with E-state index in [2.05, 4.69) is 9.97 Å². The maximum absolute atomic E-state index is 14.2. The van der Waals surface area contributed by atoms with E-state index < -0.39 is 22.8 Å². The van der Waals surface area contributed by atoms with E-state index >= 15 is 0 Å². The minimum absolute atomic E-state index is 0.165. The van der Waals surface area contributed by atoms with Crippen LogP contribution in [0, 0.1) is 18.2 Å². The molecule has 1 atom stereocenters. The van der Waals surface area contributed by atoms with Crippen LogP contribution < -0.4 is 0 Å². The molecule has 0 spiro atoms. The summed E-state index contributed by atoms with van der Waals surface area (Å²) in [5.74, 6) is -0.439. The Morgan fingerprint density at radius 1 is 1.04 bits per heavy atom. The van der Waals surface area contributed by atoms with Crippen LogP contribution in [0.1, 0.15) is 44.0 Å². The Labute approximate surface area is 162 Å². The molecule has 150 valence electrons. The van der Waals surface area contributed by atoms with Gasteiger partial charge in [0, 0.05) is 23.7 Å². The molecule has 2 aromatic heterocycles. The second kappa shape index (κ2) is 6.90. The van der Waals surface area contributed by atoms with Crippen molar-refractivity contribution < 1.29 is 17.6 Å². The van der Waals surface area contributed by atoms with Crippen LogP contribution in [0.4, 0.5) is 17.6 Å². The van der Waals surface area contributed by atoms with Gasteiger partial charge in [-0.3, -0.25) is 4.98 Å². The van der Waals surface area contributed by atoms with E-state index in [4.69, 9.17) is 0 Å². The number of pyridine rings is 1. The molecule has 3 rings (SSSR count). The van der Waals surface area contributed by atoms with Crippen molar-refractivity contribution in [1.82, 2.24) is 9.97 Å². The Bertz CT molecular complexity index is 955. The average molecular weight is 392 g/mol. The molecule has 0 radical (unpaired) electrons. The first-order chi connectivity index (χ1) is 12.9. The molecule has 0 bridgehead atoms. The fourth-order valence-electron chi connectivity index (χ4n) is 4.20. The van der Waals surface area contributed by atoms with Crippen LogP contribution in [0.25, 0.3) is 10.9 Å². The predicted octanol–water partition coefficient (Wildman–Crippen LogP) is 6.49. The van der Waals surface area contributed by atoms with Gasteiger partial charge in [0.15, 0.2) is 0 Å². The van der Waals surface area contributed by atoms with Gasteiger partial charge >= 0.3 is 6.18 Å². The van der Waals surface area contributed by atoms with Crippen LogP contribution in [0.2, 0.25) is 0 Å². The molecule has 0 saturated heterocycles. The molecular formula is C22H24F4N2. The summed E-state index contributed by atoms with van der Waals surface area (Å²) in [6.07, 6.45) is -1.56. The zero-order valence-corrected chi connectivity index (χ0v) is 16.4. The number of hydrogen-bond acceptors (Lipinski definition) is 1. The fraction of sp³-hybridized carbons (Fsp3) is 0.409. The second-order valence-corrected chi connectivity index (χ2v) is 8.51. The van der Waals surface area contributed by atoms with Gasteiger partial charge < -0.3 is 4.98 Å². The van der Waals surface area contributed by atoms with Crippen molar-refractivity contribution >= 4 is 10.9 Å². The number of aryl methyl sites for hydroxylation is 1. The van der Waals surface area contributed by atoms with E-state index in [1.165, 1.54) is 19.1 Å². The van der Waals surface area contributed by atoms with Crippen molar-refractivity contribution in [2.75, 3.05) is 0 Å². The zero-order valence-electron chi connectivity index (χ0n) is 16.4. The standard InChI is InChI=1S/C22H24F4N2/c1-14-5-6-16(23)10-18(14)20(2,3)13-21(4,22(24,25)26)11-17-9-15-7-8-27-12-19(15)28-17/h5-10,12,28H,11,13H2,1-4H3. The van der Waals surface area contributed by atoms with Crippen molar-refractivity contribution in [3.63, 3.8) is 0 Å². The number of aromatic amines is 1. The van der Waals surface area contributed by atoms with Crippen molar-refractivity contribution in [1.29, 1.82) is 0 Å².